The van der Waals surface area contributed by atoms with E-state index in [0.29, 0.717) is 17.8 Å². The lowest BCUT2D eigenvalue weighted by atomic mass is 10.2. The summed E-state index contributed by atoms with van der Waals surface area (Å²) in [5, 5.41) is 2.81. The van der Waals surface area contributed by atoms with Gasteiger partial charge < -0.3 is 15.8 Å². The maximum absolute atomic E-state index is 11.9. The maximum atomic E-state index is 11.9. The summed E-state index contributed by atoms with van der Waals surface area (Å²) < 4.78 is 5.12. The van der Waals surface area contributed by atoms with E-state index in [2.05, 4.69) is 10.3 Å². The molecule has 0 unspecified atom stereocenters. The van der Waals surface area contributed by atoms with Crippen molar-refractivity contribution in [2.24, 2.45) is 0 Å². The first kappa shape index (κ1) is 12.9. The molecule has 0 fully saturated rings. The van der Waals surface area contributed by atoms with Crippen molar-refractivity contribution in [3.8, 4) is 5.75 Å². The molecule has 0 saturated heterocycles. The number of nitrogen functional groups attached to an aromatic ring is 1. The number of benzene rings is 1. The minimum Gasteiger partial charge on any atom is -0.497 e. The van der Waals surface area contributed by atoms with Gasteiger partial charge in [-0.1, -0.05) is 12.1 Å². The van der Waals surface area contributed by atoms with E-state index in [4.69, 9.17) is 10.5 Å². The van der Waals surface area contributed by atoms with Crippen LogP contribution in [0.2, 0.25) is 0 Å². The molecule has 0 atom stereocenters. The summed E-state index contributed by atoms with van der Waals surface area (Å²) in [5.74, 6) is 0.540. The van der Waals surface area contributed by atoms with Crippen LogP contribution in [0.3, 0.4) is 0 Å². The number of hydrogen-bond acceptors (Lipinski definition) is 4. The van der Waals surface area contributed by atoms with Crippen LogP contribution in [0.25, 0.3) is 0 Å². The summed E-state index contributed by atoms with van der Waals surface area (Å²) in [7, 11) is 1.61. The summed E-state index contributed by atoms with van der Waals surface area (Å²) in [4.78, 5) is 15.8. The van der Waals surface area contributed by atoms with Crippen molar-refractivity contribution < 1.29 is 9.53 Å². The molecule has 5 heteroatoms. The van der Waals surface area contributed by atoms with Gasteiger partial charge in [-0.15, -0.1) is 0 Å². The summed E-state index contributed by atoms with van der Waals surface area (Å²) in [6.07, 6.45) is 3.00. The third-order valence-electron chi connectivity index (χ3n) is 2.68. The van der Waals surface area contributed by atoms with E-state index in [-0.39, 0.29) is 5.91 Å². The summed E-state index contributed by atoms with van der Waals surface area (Å²) in [6, 6.07) is 9.11. The monoisotopic (exact) mass is 257 g/mol. The number of nitrogens with one attached hydrogen (secondary N) is 1. The lowest BCUT2D eigenvalue weighted by Crippen LogP contribution is -2.23. The molecule has 19 heavy (non-hydrogen) atoms. The number of nitrogens with two attached hydrogens (primary N) is 1. The number of nitrogens with zero attached hydrogens (tertiary/aromatic N) is 1. The number of rotatable bonds is 4. The molecular formula is C14H15N3O2. The van der Waals surface area contributed by atoms with Crippen LogP contribution in [0.5, 0.6) is 5.75 Å². The van der Waals surface area contributed by atoms with E-state index in [0.717, 1.165) is 11.3 Å². The Morgan fingerprint density at radius 1 is 1.42 bits per heavy atom. The number of anilines is 1. The first-order valence-corrected chi connectivity index (χ1v) is 5.81. The molecule has 1 amide bonds. The topological polar surface area (TPSA) is 77.2 Å². The van der Waals surface area contributed by atoms with Crippen molar-refractivity contribution in [1.29, 1.82) is 0 Å². The van der Waals surface area contributed by atoms with Crippen molar-refractivity contribution >= 4 is 11.6 Å². The van der Waals surface area contributed by atoms with Crippen LogP contribution in [0.4, 0.5) is 5.69 Å². The molecule has 1 aromatic heterocycles. The van der Waals surface area contributed by atoms with Crippen LogP contribution >= 0.6 is 0 Å². The van der Waals surface area contributed by atoms with Crippen molar-refractivity contribution in [3.63, 3.8) is 0 Å². The fraction of sp³-hybridized carbons (Fsp3) is 0.143. The average Bonchev–Trinajstić information content (AvgIpc) is 2.45. The second-order valence-electron chi connectivity index (χ2n) is 4.00. The van der Waals surface area contributed by atoms with E-state index in [1.54, 1.807) is 13.2 Å². The highest BCUT2D eigenvalue weighted by Gasteiger charge is 2.08. The van der Waals surface area contributed by atoms with Gasteiger partial charge in [0.15, 0.2) is 0 Å². The van der Waals surface area contributed by atoms with Crippen molar-refractivity contribution in [2.45, 2.75) is 6.54 Å². The zero-order chi connectivity index (χ0) is 13.7. The number of aromatic nitrogens is 1. The Hall–Kier alpha value is -2.56. The number of carbonyl (C=O) groups excluding carboxylic acids is 1. The van der Waals surface area contributed by atoms with Gasteiger partial charge in [-0.25, -0.2) is 0 Å². The van der Waals surface area contributed by atoms with E-state index in [9.17, 15) is 4.79 Å². The number of amides is 1. The Morgan fingerprint density at radius 2 is 2.26 bits per heavy atom. The molecule has 3 N–H and O–H groups in total. The second-order valence-corrected chi connectivity index (χ2v) is 4.00. The van der Waals surface area contributed by atoms with Gasteiger partial charge in [0.2, 0.25) is 0 Å². The molecule has 0 bridgehead atoms. The van der Waals surface area contributed by atoms with Crippen molar-refractivity contribution in [2.75, 3.05) is 12.8 Å². The number of pyridine rings is 1. The third kappa shape index (κ3) is 3.22. The Morgan fingerprint density at radius 3 is 3.00 bits per heavy atom. The van der Waals surface area contributed by atoms with E-state index < -0.39 is 0 Å². The lowest BCUT2D eigenvalue weighted by molar-refractivity contribution is 0.0951. The van der Waals surface area contributed by atoms with Gasteiger partial charge in [-0.05, 0) is 23.8 Å². The third-order valence-corrected chi connectivity index (χ3v) is 2.68. The molecule has 0 radical (unpaired) electrons. The molecule has 0 saturated carbocycles. The van der Waals surface area contributed by atoms with Gasteiger partial charge in [-0.2, -0.15) is 0 Å². The van der Waals surface area contributed by atoms with Crippen LogP contribution in [0.1, 0.15) is 15.9 Å². The number of ether oxygens (including phenoxy) is 1. The molecule has 0 spiro atoms. The zero-order valence-electron chi connectivity index (χ0n) is 10.6. The molecule has 98 valence electrons. The average molecular weight is 257 g/mol. The van der Waals surface area contributed by atoms with E-state index >= 15 is 0 Å². The first-order chi connectivity index (χ1) is 9.20. The number of methoxy groups -OCH3 is 1. The smallest absolute Gasteiger partial charge is 0.253 e. The second kappa shape index (κ2) is 5.86. The van der Waals surface area contributed by atoms with Crippen LogP contribution in [-0.2, 0) is 6.54 Å². The van der Waals surface area contributed by atoms with Crippen LogP contribution in [0, 0.1) is 0 Å². The fourth-order valence-corrected chi connectivity index (χ4v) is 1.67. The number of hydrogen-bond donors (Lipinski definition) is 2. The minimum absolute atomic E-state index is 0.220. The normalized spacial score (nSPS) is 9.95. The van der Waals surface area contributed by atoms with Gasteiger partial charge in [0.1, 0.15) is 5.75 Å². The lowest BCUT2D eigenvalue weighted by Gasteiger charge is -2.08. The van der Waals surface area contributed by atoms with Gasteiger partial charge >= 0.3 is 0 Å². The summed E-state index contributed by atoms with van der Waals surface area (Å²) >= 11 is 0. The molecule has 1 heterocycles. The quantitative estimate of drug-likeness (QED) is 0.872. The van der Waals surface area contributed by atoms with Crippen molar-refractivity contribution in [1.82, 2.24) is 10.3 Å². The predicted molar refractivity (Wildman–Crippen MR) is 72.8 cm³/mol. The van der Waals surface area contributed by atoms with Crippen LogP contribution < -0.4 is 15.8 Å². The predicted octanol–water partition coefficient (Wildman–Crippen LogP) is 1.60. The SMILES string of the molecule is COc1cccc(CNC(=O)c2ccncc2N)c1. The van der Waals surface area contributed by atoms with Gasteiger partial charge in [0, 0.05) is 12.7 Å². The Kier molecular flexibility index (Phi) is 3.97. The molecule has 0 aliphatic carbocycles. The van der Waals surface area contributed by atoms with Crippen molar-refractivity contribution in [3.05, 3.63) is 53.9 Å². The zero-order valence-corrected chi connectivity index (χ0v) is 10.6. The summed E-state index contributed by atoms with van der Waals surface area (Å²) in [5.41, 5.74) is 7.45. The fourth-order valence-electron chi connectivity index (χ4n) is 1.67. The number of carbonyl (C=O) groups is 1. The largest absolute Gasteiger partial charge is 0.497 e. The minimum atomic E-state index is -0.220. The highest BCUT2D eigenvalue weighted by Crippen LogP contribution is 2.13. The Bertz CT molecular complexity index is 584. The molecule has 1 aromatic carbocycles. The Labute approximate surface area is 111 Å². The Balaban J connectivity index is 2.02. The highest BCUT2D eigenvalue weighted by molar-refractivity contribution is 5.98. The maximum Gasteiger partial charge on any atom is 0.253 e. The molecule has 0 aliphatic heterocycles. The van der Waals surface area contributed by atoms with Crippen LogP contribution in [-0.4, -0.2) is 18.0 Å². The summed E-state index contributed by atoms with van der Waals surface area (Å²) in [6.45, 7) is 0.414. The molecule has 2 rings (SSSR count). The highest BCUT2D eigenvalue weighted by atomic mass is 16.5. The first-order valence-electron chi connectivity index (χ1n) is 5.81. The van der Waals surface area contributed by atoms with Gasteiger partial charge in [0.25, 0.3) is 5.91 Å². The molecule has 5 nitrogen and oxygen atoms in total. The molecule has 2 aromatic rings. The van der Waals surface area contributed by atoms with Gasteiger partial charge in [-0.3, -0.25) is 9.78 Å². The standard InChI is InChI=1S/C14H15N3O2/c1-19-11-4-2-3-10(7-11)8-17-14(18)12-5-6-16-9-13(12)15/h2-7,9H,8,15H2,1H3,(H,17,18). The van der Waals surface area contributed by atoms with E-state index in [1.165, 1.54) is 12.4 Å². The molecule has 0 aliphatic rings. The van der Waals surface area contributed by atoms with Gasteiger partial charge in [0.05, 0.1) is 24.6 Å². The molecular weight excluding hydrogens is 242 g/mol. The van der Waals surface area contributed by atoms with Crippen LogP contribution in [0.15, 0.2) is 42.7 Å². The van der Waals surface area contributed by atoms with E-state index in [1.807, 2.05) is 24.3 Å².